The highest BCUT2D eigenvalue weighted by Crippen LogP contribution is 2.23. The van der Waals surface area contributed by atoms with Gasteiger partial charge in [-0.1, -0.05) is 12.1 Å². The van der Waals surface area contributed by atoms with Gasteiger partial charge in [-0.3, -0.25) is 4.79 Å². The number of amides is 1. The zero-order chi connectivity index (χ0) is 17.8. The number of benzene rings is 1. The molecule has 7 heteroatoms. The Balaban J connectivity index is 1.64. The SMILES string of the molecule is CN(C)C(=O)[C@@H]1CC[C@@H](CN[C@H](c2ccc(F)cc2)c2ncc[nH]2)O1. The van der Waals surface area contributed by atoms with Crippen molar-refractivity contribution in [3.63, 3.8) is 0 Å². The molecule has 3 atom stereocenters. The molecule has 1 aliphatic heterocycles. The van der Waals surface area contributed by atoms with E-state index >= 15 is 0 Å². The largest absolute Gasteiger partial charge is 0.364 e. The number of carbonyl (C=O) groups excluding carboxylic acids is 1. The summed E-state index contributed by atoms with van der Waals surface area (Å²) in [5, 5.41) is 3.42. The van der Waals surface area contributed by atoms with Crippen LogP contribution in [-0.2, 0) is 9.53 Å². The van der Waals surface area contributed by atoms with Gasteiger partial charge in [0.1, 0.15) is 17.7 Å². The minimum Gasteiger partial charge on any atom is -0.364 e. The van der Waals surface area contributed by atoms with Gasteiger partial charge in [0.2, 0.25) is 0 Å². The smallest absolute Gasteiger partial charge is 0.251 e. The van der Waals surface area contributed by atoms with Gasteiger partial charge in [0.05, 0.1) is 12.1 Å². The molecule has 0 radical (unpaired) electrons. The Morgan fingerprint density at radius 3 is 2.80 bits per heavy atom. The van der Waals surface area contributed by atoms with Crippen LogP contribution in [0.1, 0.15) is 30.3 Å². The highest BCUT2D eigenvalue weighted by molar-refractivity contribution is 5.80. The second-order valence-corrected chi connectivity index (χ2v) is 6.42. The third-order valence-corrected chi connectivity index (χ3v) is 4.37. The van der Waals surface area contributed by atoms with E-state index in [1.165, 1.54) is 12.1 Å². The van der Waals surface area contributed by atoms with Gasteiger partial charge in [-0.05, 0) is 30.5 Å². The van der Waals surface area contributed by atoms with Gasteiger partial charge < -0.3 is 19.9 Å². The lowest BCUT2D eigenvalue weighted by Gasteiger charge is -2.21. The quantitative estimate of drug-likeness (QED) is 0.838. The summed E-state index contributed by atoms with van der Waals surface area (Å²) in [6, 6.07) is 6.16. The topological polar surface area (TPSA) is 70.2 Å². The first kappa shape index (κ1) is 17.6. The Bertz CT molecular complexity index is 688. The average Bonchev–Trinajstić information content (AvgIpc) is 3.28. The van der Waals surface area contributed by atoms with Gasteiger partial charge in [0.15, 0.2) is 0 Å². The van der Waals surface area contributed by atoms with Gasteiger partial charge in [-0.15, -0.1) is 0 Å². The third-order valence-electron chi connectivity index (χ3n) is 4.37. The number of likely N-dealkylation sites (N-methyl/N-ethyl adjacent to an activating group) is 1. The highest BCUT2D eigenvalue weighted by atomic mass is 19.1. The summed E-state index contributed by atoms with van der Waals surface area (Å²) in [7, 11) is 3.47. The number of hydrogen-bond donors (Lipinski definition) is 2. The van der Waals surface area contributed by atoms with Crippen molar-refractivity contribution in [2.75, 3.05) is 20.6 Å². The van der Waals surface area contributed by atoms with Crippen molar-refractivity contribution in [3.05, 3.63) is 53.9 Å². The molecule has 0 saturated carbocycles. The standard InChI is InChI=1S/C18H23FN4O2/c1-23(2)18(24)15-8-7-14(25-15)11-22-16(17-20-9-10-21-17)12-3-5-13(19)6-4-12/h3-6,9-10,14-16,22H,7-8,11H2,1-2H3,(H,20,21)/t14-,15-,16+/m0/s1. The van der Waals surface area contributed by atoms with Crippen molar-refractivity contribution >= 4 is 5.91 Å². The van der Waals surface area contributed by atoms with E-state index in [1.54, 1.807) is 43.5 Å². The zero-order valence-electron chi connectivity index (χ0n) is 14.4. The summed E-state index contributed by atoms with van der Waals surface area (Å²) in [4.78, 5) is 21.0. The first-order valence-corrected chi connectivity index (χ1v) is 8.39. The van der Waals surface area contributed by atoms with E-state index in [1.807, 2.05) is 0 Å². The van der Waals surface area contributed by atoms with E-state index < -0.39 is 0 Å². The van der Waals surface area contributed by atoms with Crippen molar-refractivity contribution < 1.29 is 13.9 Å². The number of nitrogens with one attached hydrogen (secondary N) is 2. The Labute approximate surface area is 146 Å². The van der Waals surface area contributed by atoms with Gasteiger partial charge in [0.25, 0.3) is 5.91 Å². The first-order chi connectivity index (χ1) is 12.0. The predicted molar refractivity (Wildman–Crippen MR) is 91.4 cm³/mol. The molecule has 2 aromatic rings. The number of hydrogen-bond acceptors (Lipinski definition) is 4. The van der Waals surface area contributed by atoms with Crippen molar-refractivity contribution in [1.29, 1.82) is 0 Å². The van der Waals surface area contributed by atoms with Crippen LogP contribution in [0.3, 0.4) is 0 Å². The summed E-state index contributed by atoms with van der Waals surface area (Å²) in [5.74, 6) is 0.486. The minimum atomic E-state index is -0.366. The van der Waals surface area contributed by atoms with Crippen LogP contribution in [0.25, 0.3) is 0 Å². The lowest BCUT2D eigenvalue weighted by atomic mass is 10.1. The summed E-state index contributed by atoms with van der Waals surface area (Å²) < 4.78 is 19.1. The van der Waals surface area contributed by atoms with Crippen LogP contribution < -0.4 is 5.32 Å². The fourth-order valence-corrected chi connectivity index (χ4v) is 3.04. The molecule has 0 spiro atoms. The molecule has 3 rings (SSSR count). The molecule has 6 nitrogen and oxygen atoms in total. The monoisotopic (exact) mass is 346 g/mol. The normalized spacial score (nSPS) is 21.2. The molecule has 1 saturated heterocycles. The van der Waals surface area contributed by atoms with Gasteiger partial charge in [-0.2, -0.15) is 0 Å². The van der Waals surface area contributed by atoms with E-state index in [2.05, 4.69) is 15.3 Å². The van der Waals surface area contributed by atoms with Crippen molar-refractivity contribution in [3.8, 4) is 0 Å². The van der Waals surface area contributed by atoms with E-state index in [0.717, 1.165) is 24.2 Å². The fourth-order valence-electron chi connectivity index (χ4n) is 3.04. The molecule has 1 aliphatic rings. The van der Waals surface area contributed by atoms with Gasteiger partial charge >= 0.3 is 0 Å². The van der Waals surface area contributed by atoms with Crippen molar-refractivity contribution in [2.24, 2.45) is 0 Å². The summed E-state index contributed by atoms with van der Waals surface area (Å²) in [5.41, 5.74) is 0.912. The number of nitrogens with zero attached hydrogens (tertiary/aromatic N) is 2. The van der Waals surface area contributed by atoms with Crippen LogP contribution >= 0.6 is 0 Å². The Morgan fingerprint density at radius 2 is 2.16 bits per heavy atom. The average molecular weight is 346 g/mol. The van der Waals surface area contributed by atoms with E-state index in [0.29, 0.717) is 6.54 Å². The summed E-state index contributed by atoms with van der Waals surface area (Å²) in [6.07, 6.45) is 4.59. The Morgan fingerprint density at radius 1 is 1.40 bits per heavy atom. The molecule has 2 N–H and O–H groups in total. The van der Waals surface area contributed by atoms with E-state index in [-0.39, 0.29) is 30.0 Å². The van der Waals surface area contributed by atoms with Crippen LogP contribution in [0.4, 0.5) is 4.39 Å². The molecule has 0 aliphatic carbocycles. The number of rotatable bonds is 6. The van der Waals surface area contributed by atoms with E-state index in [4.69, 9.17) is 4.74 Å². The molecule has 134 valence electrons. The van der Waals surface area contributed by atoms with Crippen LogP contribution in [0.15, 0.2) is 36.7 Å². The van der Waals surface area contributed by atoms with E-state index in [9.17, 15) is 9.18 Å². The number of imidazole rings is 1. The molecule has 1 aromatic heterocycles. The predicted octanol–water partition coefficient (Wildman–Crippen LogP) is 1.86. The molecule has 1 fully saturated rings. The maximum Gasteiger partial charge on any atom is 0.251 e. The first-order valence-electron chi connectivity index (χ1n) is 8.39. The third kappa shape index (κ3) is 4.24. The number of aromatic nitrogens is 2. The second kappa shape index (κ2) is 7.76. The summed E-state index contributed by atoms with van der Waals surface area (Å²) >= 11 is 0. The minimum absolute atomic E-state index is 0.00335. The van der Waals surface area contributed by atoms with Crippen LogP contribution in [0.5, 0.6) is 0 Å². The maximum absolute atomic E-state index is 13.2. The maximum atomic E-state index is 13.2. The molecule has 2 heterocycles. The van der Waals surface area contributed by atoms with Crippen LogP contribution in [0.2, 0.25) is 0 Å². The molecular formula is C18H23FN4O2. The Kier molecular flexibility index (Phi) is 5.45. The lowest BCUT2D eigenvalue weighted by Crippen LogP contribution is -2.36. The lowest BCUT2D eigenvalue weighted by molar-refractivity contribution is -0.140. The van der Waals surface area contributed by atoms with Crippen molar-refractivity contribution in [2.45, 2.75) is 31.1 Å². The second-order valence-electron chi connectivity index (χ2n) is 6.42. The fraction of sp³-hybridized carbons (Fsp3) is 0.444. The zero-order valence-corrected chi connectivity index (χ0v) is 14.4. The van der Waals surface area contributed by atoms with Gasteiger partial charge in [0, 0.05) is 33.0 Å². The number of H-pyrrole nitrogens is 1. The molecular weight excluding hydrogens is 323 g/mol. The highest BCUT2D eigenvalue weighted by Gasteiger charge is 2.32. The van der Waals surface area contributed by atoms with Crippen LogP contribution in [-0.4, -0.2) is 53.6 Å². The molecule has 1 aromatic carbocycles. The van der Waals surface area contributed by atoms with Gasteiger partial charge in [-0.25, -0.2) is 9.37 Å². The van der Waals surface area contributed by atoms with Crippen LogP contribution in [0, 0.1) is 5.82 Å². The number of ether oxygens (including phenoxy) is 1. The molecule has 0 bridgehead atoms. The molecule has 0 unspecified atom stereocenters. The molecule has 25 heavy (non-hydrogen) atoms. The Hall–Kier alpha value is -2.25. The number of aromatic amines is 1. The number of halogens is 1. The summed E-state index contributed by atoms with van der Waals surface area (Å²) in [6.45, 7) is 0.583. The molecule has 1 amide bonds. The van der Waals surface area contributed by atoms with Crippen molar-refractivity contribution in [1.82, 2.24) is 20.2 Å². The number of carbonyl (C=O) groups is 1.